The van der Waals surface area contributed by atoms with Gasteiger partial charge in [-0.15, -0.1) is 11.3 Å². The van der Waals surface area contributed by atoms with Gasteiger partial charge >= 0.3 is 0 Å². The Morgan fingerprint density at radius 3 is 2.90 bits per heavy atom. The molecule has 54 valence electrons. The minimum Gasteiger partial charge on any atom is -0.315 e. The first-order valence-corrected chi connectivity index (χ1v) is 4.79. The summed E-state index contributed by atoms with van der Waals surface area (Å²) in [6.07, 6.45) is 1.87. The van der Waals surface area contributed by atoms with E-state index in [9.17, 15) is 0 Å². The van der Waals surface area contributed by atoms with Crippen LogP contribution < -0.4 is 5.32 Å². The Morgan fingerprint density at radius 1 is 1.70 bits per heavy atom. The zero-order valence-electron chi connectivity index (χ0n) is 5.30. The summed E-state index contributed by atoms with van der Waals surface area (Å²) in [5.41, 5.74) is 0. The average Bonchev–Trinajstić information content (AvgIpc) is 2.10. The summed E-state index contributed by atoms with van der Waals surface area (Å²) in [6.45, 7) is 2.19. The van der Waals surface area contributed by atoms with Gasteiger partial charge in [0.1, 0.15) is 0 Å². The molecule has 4 heteroatoms. The van der Waals surface area contributed by atoms with Crippen molar-refractivity contribution in [3.63, 3.8) is 0 Å². The number of hydrogen-bond acceptors (Lipinski definition) is 3. The summed E-state index contributed by atoms with van der Waals surface area (Å²) in [7, 11) is 0. The Kier molecular flexibility index (Phi) is 1.76. The summed E-state index contributed by atoms with van der Waals surface area (Å²) in [4.78, 5) is 4.27. The smallest absolute Gasteiger partial charge is 0.0993 e. The Labute approximate surface area is 71.8 Å². The van der Waals surface area contributed by atoms with Crippen molar-refractivity contribution in [3.8, 4) is 0 Å². The van der Waals surface area contributed by atoms with Crippen LogP contribution in [0.2, 0.25) is 0 Å². The second-order valence-corrected chi connectivity index (χ2v) is 4.80. The second-order valence-electron chi connectivity index (χ2n) is 2.36. The van der Waals surface area contributed by atoms with Gasteiger partial charge in [0.2, 0.25) is 0 Å². The monoisotopic (exact) mass is 218 g/mol. The van der Waals surface area contributed by atoms with Crippen molar-refractivity contribution >= 4 is 27.3 Å². The Hall–Kier alpha value is 0.0700. The summed E-state index contributed by atoms with van der Waals surface area (Å²) < 4.78 is 1.13. The van der Waals surface area contributed by atoms with Crippen LogP contribution in [0.3, 0.4) is 0 Å². The number of thiazole rings is 1. The normalized spacial score (nSPS) is 18.9. The van der Waals surface area contributed by atoms with Gasteiger partial charge in [-0.2, -0.15) is 0 Å². The zero-order chi connectivity index (χ0) is 6.97. The van der Waals surface area contributed by atoms with Crippen LogP contribution in [0, 0.1) is 0 Å². The molecule has 1 aromatic rings. The van der Waals surface area contributed by atoms with Crippen molar-refractivity contribution in [3.05, 3.63) is 15.0 Å². The van der Waals surface area contributed by atoms with E-state index in [4.69, 9.17) is 0 Å². The van der Waals surface area contributed by atoms with Gasteiger partial charge in [0.25, 0.3) is 0 Å². The molecule has 0 aromatic carbocycles. The van der Waals surface area contributed by atoms with E-state index in [1.165, 1.54) is 5.01 Å². The molecule has 1 saturated heterocycles. The lowest BCUT2D eigenvalue weighted by atomic mass is 10.1. The van der Waals surface area contributed by atoms with Crippen molar-refractivity contribution in [1.82, 2.24) is 10.3 Å². The molecule has 1 aliphatic heterocycles. The predicted octanol–water partition coefficient (Wildman–Crippen LogP) is 1.59. The highest BCUT2D eigenvalue weighted by Gasteiger charge is 2.21. The van der Waals surface area contributed by atoms with Crippen molar-refractivity contribution in [2.75, 3.05) is 13.1 Å². The third-order valence-electron chi connectivity index (χ3n) is 1.63. The molecular formula is C6H7BrN2S. The van der Waals surface area contributed by atoms with Crippen molar-refractivity contribution in [2.45, 2.75) is 5.92 Å². The number of rotatable bonds is 1. The first-order valence-electron chi connectivity index (χ1n) is 3.18. The van der Waals surface area contributed by atoms with Gasteiger partial charge in [0.05, 0.1) is 15.0 Å². The number of hydrogen-bond donors (Lipinski definition) is 1. The standard InChI is InChI=1S/C6H7BrN2S/c7-5-3-9-6(10-5)4-1-8-2-4/h3-4,8H,1-2H2. The van der Waals surface area contributed by atoms with Gasteiger partial charge in [-0.3, -0.25) is 0 Å². The number of nitrogens with one attached hydrogen (secondary N) is 1. The zero-order valence-corrected chi connectivity index (χ0v) is 7.70. The van der Waals surface area contributed by atoms with Gasteiger partial charge < -0.3 is 5.32 Å². The lowest BCUT2D eigenvalue weighted by molar-refractivity contribution is 0.447. The minimum atomic E-state index is 0.677. The molecule has 0 radical (unpaired) electrons. The van der Waals surface area contributed by atoms with Gasteiger partial charge in [-0.25, -0.2) is 4.98 Å². The number of aromatic nitrogens is 1. The van der Waals surface area contributed by atoms with Gasteiger partial charge in [-0.1, -0.05) is 0 Å². The van der Waals surface area contributed by atoms with E-state index in [0.717, 1.165) is 16.9 Å². The van der Waals surface area contributed by atoms with Crippen molar-refractivity contribution < 1.29 is 0 Å². The molecule has 2 heterocycles. The van der Waals surface area contributed by atoms with Gasteiger partial charge in [-0.05, 0) is 15.9 Å². The van der Waals surface area contributed by atoms with Crippen molar-refractivity contribution in [1.29, 1.82) is 0 Å². The van der Waals surface area contributed by atoms with E-state index in [1.54, 1.807) is 11.3 Å². The SMILES string of the molecule is Brc1cnc(C2CNC2)s1. The van der Waals surface area contributed by atoms with Gasteiger partial charge in [0.15, 0.2) is 0 Å². The van der Waals surface area contributed by atoms with Crippen LogP contribution in [0.4, 0.5) is 0 Å². The fourth-order valence-corrected chi connectivity index (χ4v) is 2.26. The molecule has 0 amide bonds. The summed E-state index contributed by atoms with van der Waals surface area (Å²) in [5.74, 6) is 0.677. The quantitative estimate of drug-likeness (QED) is 0.775. The Morgan fingerprint density at radius 2 is 2.50 bits per heavy atom. The molecule has 1 aliphatic rings. The van der Waals surface area contributed by atoms with E-state index >= 15 is 0 Å². The van der Waals surface area contributed by atoms with Crippen LogP contribution in [0.15, 0.2) is 9.98 Å². The minimum absolute atomic E-state index is 0.677. The average molecular weight is 219 g/mol. The third kappa shape index (κ3) is 1.11. The summed E-state index contributed by atoms with van der Waals surface area (Å²) in [6, 6.07) is 0. The van der Waals surface area contributed by atoms with Crippen LogP contribution in [0.25, 0.3) is 0 Å². The molecule has 1 aromatic heterocycles. The first kappa shape index (κ1) is 6.76. The Bertz CT molecular complexity index is 231. The molecule has 2 nitrogen and oxygen atoms in total. The maximum atomic E-state index is 4.27. The molecule has 2 rings (SSSR count). The van der Waals surface area contributed by atoms with Gasteiger partial charge in [0, 0.05) is 19.0 Å². The predicted molar refractivity (Wildman–Crippen MR) is 45.4 cm³/mol. The molecule has 0 aliphatic carbocycles. The molecule has 0 unspecified atom stereocenters. The molecule has 10 heavy (non-hydrogen) atoms. The van der Waals surface area contributed by atoms with Crippen LogP contribution >= 0.6 is 27.3 Å². The highest BCUT2D eigenvalue weighted by Crippen LogP contribution is 2.27. The molecule has 1 N–H and O–H groups in total. The Balaban J connectivity index is 2.17. The van der Waals surface area contributed by atoms with E-state index in [2.05, 4.69) is 26.2 Å². The molecular weight excluding hydrogens is 212 g/mol. The number of halogens is 1. The van der Waals surface area contributed by atoms with E-state index < -0.39 is 0 Å². The lowest BCUT2D eigenvalue weighted by Gasteiger charge is -2.24. The van der Waals surface area contributed by atoms with Crippen LogP contribution in [-0.2, 0) is 0 Å². The third-order valence-corrected chi connectivity index (χ3v) is 3.26. The second kappa shape index (κ2) is 2.60. The molecule has 0 saturated carbocycles. The fraction of sp³-hybridized carbons (Fsp3) is 0.500. The highest BCUT2D eigenvalue weighted by molar-refractivity contribution is 9.11. The molecule has 0 atom stereocenters. The maximum absolute atomic E-state index is 4.27. The number of nitrogens with zero attached hydrogens (tertiary/aromatic N) is 1. The van der Waals surface area contributed by atoms with E-state index in [-0.39, 0.29) is 0 Å². The van der Waals surface area contributed by atoms with Crippen molar-refractivity contribution in [2.24, 2.45) is 0 Å². The fourth-order valence-electron chi connectivity index (χ4n) is 0.919. The topological polar surface area (TPSA) is 24.9 Å². The largest absolute Gasteiger partial charge is 0.315 e. The summed E-state index contributed by atoms with van der Waals surface area (Å²) in [5, 5.41) is 4.48. The van der Waals surface area contributed by atoms with Crippen LogP contribution in [0.5, 0.6) is 0 Å². The highest BCUT2D eigenvalue weighted by atomic mass is 79.9. The molecule has 0 spiro atoms. The lowest BCUT2D eigenvalue weighted by Crippen LogP contribution is -2.39. The summed E-state index contributed by atoms with van der Waals surface area (Å²) >= 11 is 5.13. The first-order chi connectivity index (χ1) is 4.86. The molecule has 0 bridgehead atoms. The van der Waals surface area contributed by atoms with Crippen LogP contribution in [0.1, 0.15) is 10.9 Å². The molecule has 1 fully saturated rings. The van der Waals surface area contributed by atoms with E-state index in [0.29, 0.717) is 5.92 Å². The van der Waals surface area contributed by atoms with Crippen LogP contribution in [-0.4, -0.2) is 18.1 Å². The van der Waals surface area contributed by atoms with E-state index in [1.807, 2.05) is 6.20 Å². The maximum Gasteiger partial charge on any atom is 0.0993 e.